The zero-order valence-corrected chi connectivity index (χ0v) is 15.4. The number of nitriles is 1. The van der Waals surface area contributed by atoms with Gasteiger partial charge in [0.25, 0.3) is 0 Å². The first-order chi connectivity index (χ1) is 13.0. The second-order valence-corrected chi connectivity index (χ2v) is 5.65. The minimum absolute atomic E-state index is 0.263. The van der Waals surface area contributed by atoms with Gasteiger partial charge in [0, 0.05) is 0 Å². The lowest BCUT2D eigenvalue weighted by Crippen LogP contribution is -2.10. The number of halogens is 1. The molecule has 2 aromatic rings. The van der Waals surface area contributed by atoms with E-state index in [1.54, 1.807) is 36.4 Å². The summed E-state index contributed by atoms with van der Waals surface area (Å²) in [7, 11) is 0. The molecule has 0 unspecified atom stereocenters. The van der Waals surface area contributed by atoms with Crippen molar-refractivity contribution in [2.75, 3.05) is 19.8 Å². The Hall–Kier alpha value is -3.17. The quantitative estimate of drug-likeness (QED) is 0.394. The summed E-state index contributed by atoms with van der Waals surface area (Å²) in [6.45, 7) is 2.78. The maximum atomic E-state index is 11.0. The van der Waals surface area contributed by atoms with E-state index in [-0.39, 0.29) is 18.8 Å². The molecule has 7 heteroatoms. The first-order valence-corrected chi connectivity index (χ1v) is 8.55. The van der Waals surface area contributed by atoms with Gasteiger partial charge in [-0.2, -0.15) is 5.26 Å². The van der Waals surface area contributed by atoms with E-state index in [0.29, 0.717) is 34.4 Å². The van der Waals surface area contributed by atoms with Crippen LogP contribution in [-0.2, 0) is 4.79 Å². The van der Waals surface area contributed by atoms with Crippen LogP contribution in [0.1, 0.15) is 12.5 Å². The number of carboxylic acids is 1. The Morgan fingerprint density at radius 1 is 1.11 bits per heavy atom. The van der Waals surface area contributed by atoms with Crippen LogP contribution in [0.15, 0.2) is 48.0 Å². The van der Waals surface area contributed by atoms with Gasteiger partial charge in [-0.25, -0.2) is 4.79 Å². The summed E-state index contributed by atoms with van der Waals surface area (Å²) in [5, 5.41) is 18.3. The number of para-hydroxylation sites is 1. The fraction of sp³-hybridized carbons (Fsp3) is 0.200. The van der Waals surface area contributed by atoms with Gasteiger partial charge in [0.15, 0.2) is 11.5 Å². The molecule has 0 aliphatic heterocycles. The number of benzene rings is 2. The highest BCUT2D eigenvalue weighted by atomic mass is 35.5. The number of hydrogen-bond donors (Lipinski definition) is 1. The van der Waals surface area contributed by atoms with Crippen molar-refractivity contribution in [3.05, 3.63) is 58.6 Å². The van der Waals surface area contributed by atoms with Crippen molar-refractivity contribution < 1.29 is 24.1 Å². The molecule has 0 amide bonds. The first kappa shape index (κ1) is 20.1. The molecule has 0 bridgehead atoms. The van der Waals surface area contributed by atoms with E-state index in [1.807, 2.05) is 19.1 Å². The Kier molecular flexibility index (Phi) is 7.53. The number of hydrogen-bond acceptors (Lipinski definition) is 5. The lowest BCUT2D eigenvalue weighted by molar-refractivity contribution is -0.132. The third-order valence-corrected chi connectivity index (χ3v) is 3.68. The zero-order chi connectivity index (χ0) is 19.6. The molecule has 0 fully saturated rings. The van der Waals surface area contributed by atoms with Crippen molar-refractivity contribution >= 4 is 23.6 Å². The minimum atomic E-state index is -1.28. The SMILES string of the molecule is CCOc1cc(C=C(C#N)C(=O)O)ccc1OCCOc1ccccc1Cl. The van der Waals surface area contributed by atoms with Crippen molar-refractivity contribution in [1.29, 1.82) is 5.26 Å². The second kappa shape index (κ2) is 10.1. The molecular weight excluding hydrogens is 370 g/mol. The minimum Gasteiger partial charge on any atom is -0.490 e. The monoisotopic (exact) mass is 387 g/mol. The molecular formula is C20H18ClNO5. The van der Waals surface area contributed by atoms with Crippen LogP contribution in [0.25, 0.3) is 6.08 Å². The Bertz CT molecular complexity index is 873. The number of carboxylic acid groups (broad SMARTS) is 1. The third kappa shape index (κ3) is 5.94. The van der Waals surface area contributed by atoms with E-state index >= 15 is 0 Å². The first-order valence-electron chi connectivity index (χ1n) is 8.17. The summed E-state index contributed by atoms with van der Waals surface area (Å²) < 4.78 is 16.8. The molecule has 0 atom stereocenters. The van der Waals surface area contributed by atoms with E-state index in [2.05, 4.69) is 0 Å². The van der Waals surface area contributed by atoms with E-state index in [4.69, 9.17) is 36.2 Å². The molecule has 2 aromatic carbocycles. The molecule has 0 aliphatic rings. The highest BCUT2D eigenvalue weighted by molar-refractivity contribution is 6.32. The van der Waals surface area contributed by atoms with Gasteiger partial charge in [-0.3, -0.25) is 0 Å². The van der Waals surface area contributed by atoms with Crippen LogP contribution < -0.4 is 14.2 Å². The molecule has 6 nitrogen and oxygen atoms in total. The van der Waals surface area contributed by atoms with Gasteiger partial charge >= 0.3 is 5.97 Å². The van der Waals surface area contributed by atoms with Crippen LogP contribution >= 0.6 is 11.6 Å². The Morgan fingerprint density at radius 2 is 1.81 bits per heavy atom. The Morgan fingerprint density at radius 3 is 2.44 bits per heavy atom. The summed E-state index contributed by atoms with van der Waals surface area (Å²) in [4.78, 5) is 11.0. The highest BCUT2D eigenvalue weighted by Gasteiger charge is 2.10. The fourth-order valence-electron chi connectivity index (χ4n) is 2.18. The van der Waals surface area contributed by atoms with Gasteiger partial charge in [-0.05, 0) is 42.8 Å². The van der Waals surface area contributed by atoms with Crippen LogP contribution in [0.5, 0.6) is 17.2 Å². The molecule has 140 valence electrons. The molecule has 0 heterocycles. The number of carbonyl (C=O) groups is 1. The zero-order valence-electron chi connectivity index (χ0n) is 14.6. The Balaban J connectivity index is 2.04. The fourth-order valence-corrected chi connectivity index (χ4v) is 2.37. The average Bonchev–Trinajstić information content (AvgIpc) is 2.66. The number of nitrogens with zero attached hydrogens (tertiary/aromatic N) is 1. The largest absolute Gasteiger partial charge is 0.490 e. The summed E-state index contributed by atoms with van der Waals surface area (Å²) >= 11 is 6.02. The van der Waals surface area contributed by atoms with Crippen molar-refractivity contribution in [2.24, 2.45) is 0 Å². The summed E-state index contributed by atoms with van der Waals surface area (Å²) in [6.07, 6.45) is 1.27. The lowest BCUT2D eigenvalue weighted by Gasteiger charge is -2.13. The van der Waals surface area contributed by atoms with Crippen LogP contribution in [0, 0.1) is 11.3 Å². The van der Waals surface area contributed by atoms with Gasteiger partial charge in [0.1, 0.15) is 30.6 Å². The molecule has 0 spiro atoms. The maximum Gasteiger partial charge on any atom is 0.346 e. The maximum absolute atomic E-state index is 11.0. The molecule has 0 radical (unpaired) electrons. The van der Waals surface area contributed by atoms with Gasteiger partial charge in [0.2, 0.25) is 0 Å². The highest BCUT2D eigenvalue weighted by Crippen LogP contribution is 2.29. The smallest absolute Gasteiger partial charge is 0.346 e. The van der Waals surface area contributed by atoms with Gasteiger partial charge in [0.05, 0.1) is 11.6 Å². The molecule has 0 aromatic heterocycles. The molecule has 1 N–H and O–H groups in total. The van der Waals surface area contributed by atoms with Crippen LogP contribution in [-0.4, -0.2) is 30.9 Å². The van der Waals surface area contributed by atoms with E-state index < -0.39 is 5.97 Å². The van der Waals surface area contributed by atoms with Gasteiger partial charge in [-0.1, -0.05) is 29.8 Å². The van der Waals surface area contributed by atoms with Crippen LogP contribution in [0.4, 0.5) is 0 Å². The average molecular weight is 388 g/mol. The standard InChI is InChI=1S/C20H18ClNO5/c1-2-25-19-12-14(11-15(13-22)20(23)24)7-8-18(19)27-10-9-26-17-6-4-3-5-16(17)21/h3-8,11-12H,2,9-10H2,1H3,(H,23,24). The van der Waals surface area contributed by atoms with Gasteiger partial charge in [-0.15, -0.1) is 0 Å². The van der Waals surface area contributed by atoms with Crippen molar-refractivity contribution in [1.82, 2.24) is 0 Å². The normalized spacial score (nSPS) is 10.8. The summed E-state index contributed by atoms with van der Waals surface area (Å²) in [6, 6.07) is 13.7. The second-order valence-electron chi connectivity index (χ2n) is 5.24. The predicted octanol–water partition coefficient (Wildman–Crippen LogP) is 4.19. The van der Waals surface area contributed by atoms with Crippen molar-refractivity contribution in [3.8, 4) is 23.3 Å². The number of aliphatic carboxylic acids is 1. The summed E-state index contributed by atoms with van der Waals surface area (Å²) in [5.74, 6) is 0.232. The molecule has 27 heavy (non-hydrogen) atoms. The van der Waals surface area contributed by atoms with Gasteiger partial charge < -0.3 is 19.3 Å². The number of ether oxygens (including phenoxy) is 3. The topological polar surface area (TPSA) is 88.8 Å². The predicted molar refractivity (Wildman–Crippen MR) is 101 cm³/mol. The molecule has 0 saturated carbocycles. The summed E-state index contributed by atoms with van der Waals surface area (Å²) in [5.41, 5.74) is 0.163. The molecule has 0 saturated heterocycles. The Labute approximate surface area is 162 Å². The van der Waals surface area contributed by atoms with Crippen molar-refractivity contribution in [3.63, 3.8) is 0 Å². The van der Waals surface area contributed by atoms with E-state index in [0.717, 1.165) is 0 Å². The lowest BCUT2D eigenvalue weighted by atomic mass is 10.1. The third-order valence-electron chi connectivity index (χ3n) is 3.36. The molecule has 2 rings (SSSR count). The number of rotatable bonds is 9. The van der Waals surface area contributed by atoms with Crippen molar-refractivity contribution in [2.45, 2.75) is 6.92 Å². The van der Waals surface area contributed by atoms with Crippen LogP contribution in [0.2, 0.25) is 5.02 Å². The molecule has 0 aliphatic carbocycles. The van der Waals surface area contributed by atoms with E-state index in [9.17, 15) is 4.79 Å². The van der Waals surface area contributed by atoms with E-state index in [1.165, 1.54) is 6.08 Å². The van der Waals surface area contributed by atoms with Crippen LogP contribution in [0.3, 0.4) is 0 Å².